The highest BCUT2D eigenvalue weighted by atomic mass is 35.5. The monoisotopic (exact) mass is 581 g/mol. The van der Waals surface area contributed by atoms with Crippen LogP contribution in [0.1, 0.15) is 5.56 Å². The second-order valence-electron chi connectivity index (χ2n) is 9.12. The number of benzene rings is 3. The second-order valence-corrected chi connectivity index (χ2v) is 9.12. The van der Waals surface area contributed by atoms with Gasteiger partial charge in [-0.1, -0.05) is 36.4 Å². The lowest BCUT2D eigenvalue weighted by Gasteiger charge is -2.23. The zero-order valence-corrected chi connectivity index (χ0v) is 23.1. The summed E-state index contributed by atoms with van der Waals surface area (Å²) in [6.45, 7) is 2.37. The minimum atomic E-state index is -0.717. The number of non-ortho nitro benzene ring substituents is 1. The van der Waals surface area contributed by atoms with Crippen LogP contribution in [0.25, 0.3) is 22.3 Å². The van der Waals surface area contributed by atoms with Crippen molar-refractivity contribution in [3.8, 4) is 33.8 Å². The number of nitro groups is 1. The van der Waals surface area contributed by atoms with E-state index in [1.54, 1.807) is 25.4 Å². The summed E-state index contributed by atoms with van der Waals surface area (Å²) in [6, 6.07) is 20.6. The molecule has 0 radical (unpaired) electrons. The first kappa shape index (κ1) is 29.7. The summed E-state index contributed by atoms with van der Waals surface area (Å²) >= 11 is 0. The van der Waals surface area contributed by atoms with Gasteiger partial charge in [0.2, 0.25) is 0 Å². The van der Waals surface area contributed by atoms with Crippen molar-refractivity contribution in [2.45, 2.75) is 12.6 Å². The summed E-state index contributed by atoms with van der Waals surface area (Å²) < 4.78 is 37.7. The topological polar surface area (TPSA) is 105 Å². The minimum absolute atomic E-state index is 0. The van der Waals surface area contributed by atoms with E-state index in [4.69, 9.17) is 18.9 Å². The van der Waals surface area contributed by atoms with Gasteiger partial charge < -0.3 is 24.3 Å². The molecule has 11 heteroatoms. The molecule has 1 N–H and O–H groups in total. The number of aromatic nitrogens is 1. The highest BCUT2D eigenvalue weighted by molar-refractivity contribution is 5.85. The maximum absolute atomic E-state index is 15.2. The molecule has 0 spiro atoms. The van der Waals surface area contributed by atoms with E-state index < -0.39 is 10.7 Å². The van der Waals surface area contributed by atoms with Gasteiger partial charge in [-0.25, -0.2) is 9.37 Å². The van der Waals surface area contributed by atoms with Crippen LogP contribution in [0.4, 0.5) is 15.9 Å². The van der Waals surface area contributed by atoms with Gasteiger partial charge >= 0.3 is 0 Å². The van der Waals surface area contributed by atoms with Crippen molar-refractivity contribution in [1.82, 2.24) is 4.98 Å². The quantitative estimate of drug-likeness (QED) is 0.172. The lowest BCUT2D eigenvalue weighted by atomic mass is 9.99. The Morgan fingerprint density at radius 3 is 2.56 bits per heavy atom. The standard InChI is InChI=1S/C30H28FN3O6.ClH/c1-37-29-14-21(7-10-28(29)40-19-24-18-38-11-12-39-24)22-13-26(25-9-8-23(34(35)36)15-27(25)31)30(33-17-22)32-16-20-5-3-2-4-6-20;/h2-10,13-15,17,24H,11-12,16,18-19H2,1H3,(H,32,33);1H/t24-;/m1./s1. The first-order chi connectivity index (χ1) is 19.5. The van der Waals surface area contributed by atoms with Crippen molar-refractivity contribution in [2.75, 3.05) is 38.9 Å². The molecule has 214 valence electrons. The Kier molecular flexibility index (Phi) is 10.1. The number of pyridine rings is 1. The second kappa shape index (κ2) is 13.9. The van der Waals surface area contributed by atoms with E-state index in [0.29, 0.717) is 61.4 Å². The van der Waals surface area contributed by atoms with Crippen molar-refractivity contribution in [2.24, 2.45) is 0 Å². The molecule has 41 heavy (non-hydrogen) atoms. The number of hydrogen-bond acceptors (Lipinski definition) is 8. The number of nitrogens with one attached hydrogen (secondary N) is 1. The molecule has 0 amide bonds. The van der Waals surface area contributed by atoms with Crippen molar-refractivity contribution < 1.29 is 28.3 Å². The summed E-state index contributed by atoms with van der Waals surface area (Å²) in [5.74, 6) is 0.799. The van der Waals surface area contributed by atoms with Crippen molar-refractivity contribution >= 4 is 23.9 Å². The van der Waals surface area contributed by atoms with Crippen LogP contribution < -0.4 is 14.8 Å². The van der Waals surface area contributed by atoms with E-state index in [1.165, 1.54) is 12.1 Å². The number of halogens is 2. The van der Waals surface area contributed by atoms with Crippen LogP contribution in [-0.4, -0.2) is 49.5 Å². The minimum Gasteiger partial charge on any atom is -0.493 e. The molecule has 1 atom stereocenters. The SMILES string of the molecule is COc1cc(-c2cnc(NCc3ccccc3)c(-c3ccc([N+](=O)[O-])cc3F)c2)ccc1OC[C@H]1COCCO1.Cl. The molecule has 5 rings (SSSR count). The summed E-state index contributed by atoms with van der Waals surface area (Å²) in [5, 5.41) is 14.4. The molecule has 1 fully saturated rings. The van der Waals surface area contributed by atoms with Crippen LogP contribution in [0, 0.1) is 15.9 Å². The van der Waals surface area contributed by atoms with Gasteiger partial charge in [0, 0.05) is 35.5 Å². The average molecular weight is 582 g/mol. The van der Waals surface area contributed by atoms with Crippen LogP contribution in [0.5, 0.6) is 11.5 Å². The number of rotatable bonds is 10. The van der Waals surface area contributed by atoms with Gasteiger partial charge in [0.1, 0.15) is 24.3 Å². The number of anilines is 1. The van der Waals surface area contributed by atoms with E-state index in [0.717, 1.165) is 17.2 Å². The van der Waals surface area contributed by atoms with Crippen molar-refractivity contribution in [3.63, 3.8) is 0 Å². The maximum atomic E-state index is 15.2. The van der Waals surface area contributed by atoms with Gasteiger partial charge in [0.25, 0.3) is 5.69 Å². The summed E-state index contributed by atoms with van der Waals surface area (Å²) in [4.78, 5) is 15.2. The molecule has 1 aliphatic rings. The molecule has 0 saturated carbocycles. The summed E-state index contributed by atoms with van der Waals surface area (Å²) in [7, 11) is 1.55. The van der Waals surface area contributed by atoms with Crippen molar-refractivity contribution in [1.29, 1.82) is 0 Å². The van der Waals surface area contributed by atoms with Crippen LogP contribution in [0.3, 0.4) is 0 Å². The van der Waals surface area contributed by atoms with Gasteiger partial charge in [-0.3, -0.25) is 10.1 Å². The Morgan fingerprint density at radius 1 is 1.02 bits per heavy atom. The number of methoxy groups -OCH3 is 1. The Morgan fingerprint density at radius 2 is 1.85 bits per heavy atom. The normalized spacial score (nSPS) is 14.5. The third kappa shape index (κ3) is 7.29. The molecule has 4 aromatic rings. The molecule has 3 aromatic carbocycles. The van der Waals surface area contributed by atoms with E-state index in [2.05, 4.69) is 10.3 Å². The first-order valence-electron chi connectivity index (χ1n) is 12.7. The largest absolute Gasteiger partial charge is 0.493 e. The first-order valence-corrected chi connectivity index (χ1v) is 12.7. The summed E-state index contributed by atoms with van der Waals surface area (Å²) in [5.41, 5.74) is 2.83. The predicted molar refractivity (Wildman–Crippen MR) is 155 cm³/mol. The molecule has 1 aromatic heterocycles. The van der Waals surface area contributed by atoms with Gasteiger partial charge in [-0.2, -0.15) is 0 Å². The summed E-state index contributed by atoms with van der Waals surface area (Å²) in [6.07, 6.45) is 1.53. The van der Waals surface area contributed by atoms with E-state index >= 15 is 4.39 Å². The van der Waals surface area contributed by atoms with Crippen LogP contribution in [0.2, 0.25) is 0 Å². The Balaban J connectivity index is 0.00000387. The lowest BCUT2D eigenvalue weighted by Crippen LogP contribution is -2.33. The number of ether oxygens (including phenoxy) is 4. The number of nitrogens with zero attached hydrogens (tertiary/aromatic N) is 2. The third-order valence-corrected chi connectivity index (χ3v) is 6.45. The predicted octanol–water partition coefficient (Wildman–Crippen LogP) is 6.30. The molecule has 0 bridgehead atoms. The Bertz CT molecular complexity index is 1480. The van der Waals surface area contributed by atoms with Gasteiger partial charge in [-0.15, -0.1) is 12.4 Å². The number of hydrogen-bond donors (Lipinski definition) is 1. The Hall–Kier alpha value is -4.25. The average Bonchev–Trinajstić information content (AvgIpc) is 3.00. The van der Waals surface area contributed by atoms with Crippen molar-refractivity contribution in [3.05, 3.63) is 100 Å². The fourth-order valence-electron chi connectivity index (χ4n) is 4.37. The van der Waals surface area contributed by atoms with E-state index in [-0.39, 0.29) is 29.8 Å². The zero-order valence-electron chi connectivity index (χ0n) is 22.2. The van der Waals surface area contributed by atoms with E-state index in [9.17, 15) is 10.1 Å². The molecule has 2 heterocycles. The third-order valence-electron chi connectivity index (χ3n) is 6.45. The zero-order chi connectivity index (χ0) is 27.9. The highest BCUT2D eigenvalue weighted by Gasteiger charge is 2.19. The van der Waals surface area contributed by atoms with Gasteiger partial charge in [0.15, 0.2) is 11.5 Å². The van der Waals surface area contributed by atoms with Crippen LogP contribution in [-0.2, 0) is 16.0 Å². The molecular formula is C30H29ClFN3O6. The molecular weight excluding hydrogens is 553 g/mol. The fraction of sp³-hybridized carbons (Fsp3) is 0.233. The highest BCUT2D eigenvalue weighted by Crippen LogP contribution is 2.37. The Labute approximate surface area is 242 Å². The molecule has 9 nitrogen and oxygen atoms in total. The fourth-order valence-corrected chi connectivity index (χ4v) is 4.37. The van der Waals surface area contributed by atoms with Gasteiger partial charge in [0.05, 0.1) is 37.9 Å². The molecule has 0 aliphatic carbocycles. The van der Waals surface area contributed by atoms with E-state index in [1.807, 2.05) is 42.5 Å². The molecule has 0 unspecified atom stereocenters. The molecule has 1 aliphatic heterocycles. The van der Waals surface area contributed by atoms with Crippen LogP contribution in [0.15, 0.2) is 79.0 Å². The molecule has 1 saturated heterocycles. The smallest absolute Gasteiger partial charge is 0.272 e. The lowest BCUT2D eigenvalue weighted by molar-refractivity contribution is -0.385. The number of nitro benzene ring substituents is 1. The van der Waals surface area contributed by atoms with Crippen LogP contribution >= 0.6 is 12.4 Å². The maximum Gasteiger partial charge on any atom is 0.272 e. The van der Waals surface area contributed by atoms with Gasteiger partial charge in [-0.05, 0) is 35.4 Å².